The van der Waals surface area contributed by atoms with Gasteiger partial charge in [-0.05, 0) is 37.3 Å². The van der Waals surface area contributed by atoms with Crippen LogP contribution in [-0.4, -0.2) is 18.6 Å². The van der Waals surface area contributed by atoms with Crippen LogP contribution in [0.2, 0.25) is 0 Å². The number of hydrogen-bond acceptors (Lipinski definition) is 3. The number of carbonyl (C=O) groups excluding carboxylic acids is 1. The molecule has 0 aromatic heterocycles. The Labute approximate surface area is 101 Å². The topological polar surface area (TPSA) is 52.3 Å². The van der Waals surface area contributed by atoms with Crippen molar-refractivity contribution in [2.24, 2.45) is 5.73 Å². The summed E-state index contributed by atoms with van der Waals surface area (Å²) in [5, 5.41) is 0. The van der Waals surface area contributed by atoms with Crippen LogP contribution < -0.4 is 5.73 Å². The summed E-state index contributed by atoms with van der Waals surface area (Å²) < 4.78 is 4.85. The average Bonchev–Trinajstić information content (AvgIpc) is 3.24. The third-order valence-electron chi connectivity index (χ3n) is 4.34. The molecule has 0 heterocycles. The van der Waals surface area contributed by atoms with E-state index in [1.54, 1.807) is 0 Å². The third-order valence-corrected chi connectivity index (χ3v) is 4.34. The van der Waals surface area contributed by atoms with E-state index in [1.165, 1.54) is 7.11 Å². The Balaban J connectivity index is 2.06. The van der Waals surface area contributed by atoms with Gasteiger partial charge in [-0.2, -0.15) is 0 Å². The van der Waals surface area contributed by atoms with Crippen molar-refractivity contribution in [2.75, 3.05) is 7.11 Å². The molecule has 2 aliphatic rings. The first-order chi connectivity index (χ1) is 8.13. The lowest BCUT2D eigenvalue weighted by Gasteiger charge is -2.25. The van der Waals surface area contributed by atoms with E-state index in [9.17, 15) is 4.79 Å². The maximum Gasteiger partial charge on any atom is 0.338 e. The minimum absolute atomic E-state index is 0.0395. The molecule has 2 N–H and O–H groups in total. The van der Waals surface area contributed by atoms with Crippen molar-refractivity contribution in [3.8, 4) is 0 Å². The number of benzene rings is 1. The van der Waals surface area contributed by atoms with Crippen LogP contribution in [0.25, 0.3) is 0 Å². The lowest BCUT2D eigenvalue weighted by Crippen LogP contribution is -2.38. The molecule has 17 heavy (non-hydrogen) atoms. The minimum Gasteiger partial charge on any atom is -0.465 e. The molecular formula is C14H17NO2. The predicted molar refractivity (Wildman–Crippen MR) is 64.8 cm³/mol. The Hall–Kier alpha value is -1.35. The van der Waals surface area contributed by atoms with Crippen LogP contribution in [0.3, 0.4) is 0 Å². The van der Waals surface area contributed by atoms with Crippen molar-refractivity contribution in [2.45, 2.75) is 36.6 Å². The normalized spacial score (nSPS) is 22.9. The molecule has 2 saturated carbocycles. The van der Waals surface area contributed by atoms with E-state index in [1.807, 2.05) is 24.3 Å². The first kappa shape index (κ1) is 10.8. The standard InChI is InChI=1S/C14H17NO2/c1-17-12(16)10-4-2-3-5-11(10)13(6-7-13)14(15)8-9-14/h2-5H,6-9,15H2,1H3. The highest BCUT2D eigenvalue weighted by atomic mass is 16.5. The van der Waals surface area contributed by atoms with E-state index in [2.05, 4.69) is 0 Å². The Morgan fingerprint density at radius 2 is 1.88 bits per heavy atom. The highest BCUT2D eigenvalue weighted by Gasteiger charge is 2.64. The molecule has 0 aliphatic heterocycles. The van der Waals surface area contributed by atoms with Crippen molar-refractivity contribution in [1.82, 2.24) is 0 Å². The number of hydrogen-bond donors (Lipinski definition) is 1. The van der Waals surface area contributed by atoms with Gasteiger partial charge in [-0.15, -0.1) is 0 Å². The maximum atomic E-state index is 11.8. The van der Waals surface area contributed by atoms with Crippen LogP contribution in [0.15, 0.2) is 24.3 Å². The molecule has 2 aliphatic carbocycles. The highest BCUT2D eigenvalue weighted by Crippen LogP contribution is 2.64. The fraction of sp³-hybridized carbons (Fsp3) is 0.500. The van der Waals surface area contributed by atoms with Gasteiger partial charge in [0.15, 0.2) is 0 Å². The number of methoxy groups -OCH3 is 1. The summed E-state index contributed by atoms with van der Waals surface area (Å²) in [6.45, 7) is 0. The molecule has 3 nitrogen and oxygen atoms in total. The van der Waals surface area contributed by atoms with E-state index in [-0.39, 0.29) is 16.9 Å². The molecule has 3 rings (SSSR count). The lowest BCUT2D eigenvalue weighted by molar-refractivity contribution is 0.0598. The van der Waals surface area contributed by atoms with Crippen LogP contribution in [0.5, 0.6) is 0 Å². The van der Waals surface area contributed by atoms with Gasteiger partial charge in [0.25, 0.3) is 0 Å². The minimum atomic E-state index is -0.254. The molecule has 90 valence electrons. The van der Waals surface area contributed by atoms with Crippen LogP contribution in [0.4, 0.5) is 0 Å². The molecule has 0 spiro atoms. The Bertz CT molecular complexity index is 473. The van der Waals surface area contributed by atoms with Crippen molar-refractivity contribution in [3.63, 3.8) is 0 Å². The maximum absolute atomic E-state index is 11.8. The number of carbonyl (C=O) groups is 1. The molecule has 1 aromatic carbocycles. The molecule has 0 atom stereocenters. The van der Waals surface area contributed by atoms with Crippen molar-refractivity contribution in [3.05, 3.63) is 35.4 Å². The summed E-state index contributed by atoms with van der Waals surface area (Å²) in [7, 11) is 1.42. The van der Waals surface area contributed by atoms with Crippen LogP contribution in [0.1, 0.15) is 41.6 Å². The molecular weight excluding hydrogens is 214 g/mol. The number of nitrogens with two attached hydrogens (primary N) is 1. The second-order valence-electron chi connectivity index (χ2n) is 5.28. The van der Waals surface area contributed by atoms with E-state index in [4.69, 9.17) is 10.5 Å². The second kappa shape index (κ2) is 3.33. The van der Waals surface area contributed by atoms with Crippen molar-refractivity contribution in [1.29, 1.82) is 0 Å². The zero-order valence-corrected chi connectivity index (χ0v) is 10.0. The molecule has 0 unspecified atom stereocenters. The fourth-order valence-corrected chi connectivity index (χ4v) is 2.96. The van der Waals surface area contributed by atoms with Crippen LogP contribution >= 0.6 is 0 Å². The zero-order valence-electron chi connectivity index (χ0n) is 10.0. The van der Waals surface area contributed by atoms with Gasteiger partial charge in [0.2, 0.25) is 0 Å². The lowest BCUT2D eigenvalue weighted by atomic mass is 9.83. The van der Waals surface area contributed by atoms with E-state index in [0.29, 0.717) is 5.56 Å². The Morgan fingerprint density at radius 3 is 2.41 bits per heavy atom. The quantitative estimate of drug-likeness (QED) is 0.809. The van der Waals surface area contributed by atoms with E-state index < -0.39 is 0 Å². The summed E-state index contributed by atoms with van der Waals surface area (Å²) >= 11 is 0. The molecule has 0 bridgehead atoms. The molecule has 1 aromatic rings. The largest absolute Gasteiger partial charge is 0.465 e. The fourth-order valence-electron chi connectivity index (χ4n) is 2.96. The third kappa shape index (κ3) is 1.42. The Morgan fingerprint density at radius 1 is 1.24 bits per heavy atom. The first-order valence-electron chi connectivity index (χ1n) is 6.10. The Kier molecular flexibility index (Phi) is 2.11. The van der Waals surface area contributed by atoms with E-state index in [0.717, 1.165) is 31.2 Å². The van der Waals surface area contributed by atoms with Crippen LogP contribution in [0, 0.1) is 0 Å². The van der Waals surface area contributed by atoms with Gasteiger partial charge in [-0.3, -0.25) is 0 Å². The predicted octanol–water partition coefficient (Wildman–Crippen LogP) is 2.00. The van der Waals surface area contributed by atoms with Crippen molar-refractivity contribution < 1.29 is 9.53 Å². The molecule has 3 heteroatoms. The molecule has 0 radical (unpaired) electrons. The summed E-state index contributed by atoms with van der Waals surface area (Å²) in [6, 6.07) is 7.73. The summed E-state index contributed by atoms with van der Waals surface area (Å²) in [5.74, 6) is -0.254. The summed E-state index contributed by atoms with van der Waals surface area (Å²) in [5.41, 5.74) is 8.12. The summed E-state index contributed by atoms with van der Waals surface area (Å²) in [4.78, 5) is 11.8. The smallest absolute Gasteiger partial charge is 0.338 e. The highest BCUT2D eigenvalue weighted by molar-refractivity contribution is 5.91. The SMILES string of the molecule is COC(=O)c1ccccc1C1(C2(N)CC2)CC1. The molecule has 0 amide bonds. The van der Waals surface area contributed by atoms with Crippen LogP contribution in [-0.2, 0) is 10.2 Å². The van der Waals surface area contributed by atoms with E-state index >= 15 is 0 Å². The summed E-state index contributed by atoms with van der Waals surface area (Å²) in [6.07, 6.45) is 4.33. The first-order valence-corrected chi connectivity index (χ1v) is 6.10. The number of rotatable bonds is 3. The monoisotopic (exact) mass is 231 g/mol. The van der Waals surface area contributed by atoms with Gasteiger partial charge in [-0.1, -0.05) is 18.2 Å². The number of esters is 1. The molecule has 0 saturated heterocycles. The molecule has 2 fully saturated rings. The van der Waals surface area contributed by atoms with Gasteiger partial charge >= 0.3 is 5.97 Å². The second-order valence-corrected chi connectivity index (χ2v) is 5.28. The van der Waals surface area contributed by atoms with Gasteiger partial charge in [0.05, 0.1) is 12.7 Å². The van der Waals surface area contributed by atoms with Gasteiger partial charge in [-0.25, -0.2) is 4.79 Å². The van der Waals surface area contributed by atoms with Gasteiger partial charge < -0.3 is 10.5 Å². The van der Waals surface area contributed by atoms with Gasteiger partial charge in [0, 0.05) is 11.0 Å². The number of ether oxygens (including phenoxy) is 1. The van der Waals surface area contributed by atoms with Gasteiger partial charge in [0.1, 0.15) is 0 Å². The zero-order chi connectivity index (χ0) is 12.1. The average molecular weight is 231 g/mol. The van der Waals surface area contributed by atoms with Crippen molar-refractivity contribution >= 4 is 5.97 Å².